The summed E-state index contributed by atoms with van der Waals surface area (Å²) in [6.45, 7) is 17.1. The molecule has 9 heteroatoms. The van der Waals surface area contributed by atoms with Crippen molar-refractivity contribution in [2.75, 3.05) is 31.2 Å². The number of ether oxygens (including phenoxy) is 1. The highest BCUT2D eigenvalue weighted by atomic mass is 32.2. The summed E-state index contributed by atoms with van der Waals surface area (Å²) in [6, 6.07) is 6.30. The maximum Gasteiger partial charge on any atom is 0.247 e. The number of carbonyl (C=O) groups is 3. The fraction of sp³-hybridized carbons (Fsp3) is 0.649. The topological polar surface area (TPSA) is 90.4 Å². The van der Waals surface area contributed by atoms with Crippen LogP contribution in [-0.2, 0) is 14.4 Å². The molecule has 252 valence electrons. The first kappa shape index (κ1) is 34.6. The summed E-state index contributed by atoms with van der Waals surface area (Å²) in [7, 11) is 0. The molecule has 3 unspecified atom stereocenters. The molecule has 1 aromatic rings. The average molecular weight is 652 g/mol. The van der Waals surface area contributed by atoms with E-state index in [9.17, 15) is 14.7 Å². The molecule has 1 N–H and O–H groups in total. The van der Waals surface area contributed by atoms with Crippen LogP contribution in [-0.4, -0.2) is 87.1 Å². The van der Waals surface area contributed by atoms with Gasteiger partial charge < -0.3 is 24.5 Å². The minimum Gasteiger partial charge on any atom is -0.494 e. The lowest BCUT2D eigenvalue weighted by Crippen LogP contribution is -2.61. The Morgan fingerprint density at radius 3 is 2.37 bits per heavy atom. The second-order valence-corrected chi connectivity index (χ2v) is 15.2. The van der Waals surface area contributed by atoms with Gasteiger partial charge in [0.2, 0.25) is 17.7 Å². The maximum atomic E-state index is 15.1. The van der Waals surface area contributed by atoms with Gasteiger partial charge in [0, 0.05) is 30.1 Å². The molecule has 1 aliphatic carbocycles. The van der Waals surface area contributed by atoms with Crippen molar-refractivity contribution in [2.24, 2.45) is 23.7 Å². The first-order valence-electron chi connectivity index (χ1n) is 17.4. The normalized spacial score (nSPS) is 30.1. The molecule has 4 aliphatic rings. The van der Waals surface area contributed by atoms with Crippen LogP contribution in [0.15, 0.2) is 49.6 Å². The number of benzene rings is 1. The highest BCUT2D eigenvalue weighted by molar-refractivity contribution is 8.02. The Hall–Kier alpha value is -2.78. The summed E-state index contributed by atoms with van der Waals surface area (Å²) >= 11 is 1.70. The van der Waals surface area contributed by atoms with E-state index in [0.29, 0.717) is 19.7 Å². The Labute approximate surface area is 279 Å². The summed E-state index contributed by atoms with van der Waals surface area (Å²) < 4.78 is 4.87. The number of fused-ring (bicyclic) bond motifs is 1. The predicted octanol–water partition coefficient (Wildman–Crippen LogP) is 5.70. The predicted molar refractivity (Wildman–Crippen MR) is 185 cm³/mol. The molecule has 2 bridgehead atoms. The van der Waals surface area contributed by atoms with E-state index in [1.165, 1.54) is 6.42 Å². The van der Waals surface area contributed by atoms with E-state index in [2.05, 4.69) is 27.0 Å². The van der Waals surface area contributed by atoms with Gasteiger partial charge in [-0.2, -0.15) is 0 Å². The SMILES string of the molecule is C=CCN(C(=O)[C@@H]1[C@H]2C(=O)N([C@@H](CO)[C@@H](C)CC)C(C(=O)N(CC=C)C3CCCCC3)C23S[C@@H]1CC3C)c1ccc(OCC)cc1. The Bertz CT molecular complexity index is 1280. The molecule has 5 rings (SSSR count). The van der Waals surface area contributed by atoms with Gasteiger partial charge in [0.05, 0.1) is 35.8 Å². The molecule has 4 fully saturated rings. The number of likely N-dealkylation sites (tertiary alicyclic amines) is 1. The Balaban J connectivity index is 1.59. The summed E-state index contributed by atoms with van der Waals surface area (Å²) in [5, 5.41) is 10.7. The van der Waals surface area contributed by atoms with Crippen molar-refractivity contribution in [1.29, 1.82) is 0 Å². The third kappa shape index (κ3) is 5.80. The van der Waals surface area contributed by atoms with Crippen molar-refractivity contribution >= 4 is 35.2 Å². The van der Waals surface area contributed by atoms with Crippen LogP contribution < -0.4 is 9.64 Å². The van der Waals surface area contributed by atoms with E-state index in [1.54, 1.807) is 33.7 Å². The minimum absolute atomic E-state index is 0.0187. The van der Waals surface area contributed by atoms with Gasteiger partial charge in [-0.1, -0.05) is 58.6 Å². The zero-order valence-corrected chi connectivity index (χ0v) is 28.9. The molecule has 1 aromatic carbocycles. The van der Waals surface area contributed by atoms with Crippen molar-refractivity contribution in [3.8, 4) is 5.75 Å². The minimum atomic E-state index is -0.757. The molecule has 3 amide bonds. The lowest BCUT2D eigenvalue weighted by Gasteiger charge is -2.45. The number of aliphatic hydroxyl groups excluding tert-OH is 1. The summed E-state index contributed by atoms with van der Waals surface area (Å²) in [5.41, 5.74) is 0.723. The van der Waals surface area contributed by atoms with E-state index >= 15 is 4.79 Å². The third-order valence-electron chi connectivity index (χ3n) is 11.2. The van der Waals surface area contributed by atoms with E-state index in [0.717, 1.165) is 50.0 Å². The molecule has 0 radical (unpaired) electrons. The van der Waals surface area contributed by atoms with Crippen LogP contribution in [0.4, 0.5) is 5.69 Å². The molecule has 1 spiro atoms. The molecule has 8 atom stereocenters. The monoisotopic (exact) mass is 651 g/mol. The standard InChI is InChI=1S/C37H53N3O5S/c1-7-20-38(27-16-18-28(19-17-27)45-10-4)34(42)31-30-22-25(6)37(46-30)32(31)35(43)40(29(23-41)24(5)9-3)33(37)36(44)39(21-8-2)26-14-12-11-13-15-26/h7-8,16-19,24-26,29-33,41H,1-2,9-15,20-23H2,3-6H3/t24-,25?,29-,30+,31-,32-,33?,37?/m0/s1. The van der Waals surface area contributed by atoms with Crippen LogP contribution in [0.3, 0.4) is 0 Å². The zero-order chi connectivity index (χ0) is 33.2. The van der Waals surface area contributed by atoms with Crippen LogP contribution in [0, 0.1) is 23.7 Å². The van der Waals surface area contributed by atoms with E-state index in [-0.39, 0.29) is 47.5 Å². The number of amides is 3. The van der Waals surface area contributed by atoms with E-state index in [1.807, 2.05) is 43.0 Å². The highest BCUT2D eigenvalue weighted by Crippen LogP contribution is 2.69. The molecular weight excluding hydrogens is 598 g/mol. The molecule has 3 saturated heterocycles. The Morgan fingerprint density at radius 2 is 1.78 bits per heavy atom. The molecule has 8 nitrogen and oxygen atoms in total. The van der Waals surface area contributed by atoms with Crippen molar-refractivity contribution in [3.63, 3.8) is 0 Å². The second-order valence-electron chi connectivity index (χ2n) is 13.7. The van der Waals surface area contributed by atoms with Gasteiger partial charge in [0.15, 0.2) is 0 Å². The zero-order valence-electron chi connectivity index (χ0n) is 28.1. The smallest absolute Gasteiger partial charge is 0.247 e. The summed E-state index contributed by atoms with van der Waals surface area (Å²) in [4.78, 5) is 50.2. The van der Waals surface area contributed by atoms with Crippen molar-refractivity contribution < 1.29 is 24.2 Å². The van der Waals surface area contributed by atoms with Crippen LogP contribution >= 0.6 is 11.8 Å². The first-order chi connectivity index (χ1) is 22.2. The number of anilines is 1. The lowest BCUT2D eigenvalue weighted by molar-refractivity contribution is -0.148. The largest absolute Gasteiger partial charge is 0.494 e. The summed E-state index contributed by atoms with van der Waals surface area (Å²) in [5.74, 6) is -0.804. The fourth-order valence-electron chi connectivity index (χ4n) is 8.82. The number of thioether (sulfide) groups is 1. The van der Waals surface area contributed by atoms with Gasteiger partial charge in [0.25, 0.3) is 0 Å². The lowest BCUT2D eigenvalue weighted by atomic mass is 9.65. The van der Waals surface area contributed by atoms with Gasteiger partial charge in [-0.15, -0.1) is 24.9 Å². The number of hydrogen-bond acceptors (Lipinski definition) is 6. The molecule has 1 saturated carbocycles. The molecule has 0 aromatic heterocycles. The second kappa shape index (κ2) is 14.5. The number of nitrogens with zero attached hydrogens (tertiary/aromatic N) is 3. The van der Waals surface area contributed by atoms with Crippen molar-refractivity contribution in [1.82, 2.24) is 9.80 Å². The van der Waals surface area contributed by atoms with Crippen LogP contribution in [0.5, 0.6) is 5.75 Å². The number of hydrogen-bond donors (Lipinski definition) is 1. The van der Waals surface area contributed by atoms with Gasteiger partial charge in [-0.3, -0.25) is 14.4 Å². The third-order valence-corrected chi connectivity index (χ3v) is 13.3. The number of carbonyl (C=O) groups excluding carboxylic acids is 3. The highest BCUT2D eigenvalue weighted by Gasteiger charge is 2.77. The average Bonchev–Trinajstić information content (AvgIpc) is 3.67. The number of aliphatic hydroxyl groups is 1. The van der Waals surface area contributed by atoms with E-state index in [4.69, 9.17) is 4.74 Å². The fourth-order valence-corrected chi connectivity index (χ4v) is 11.2. The molecule has 3 aliphatic heterocycles. The molecular formula is C37H53N3O5S. The molecule has 46 heavy (non-hydrogen) atoms. The van der Waals surface area contributed by atoms with Crippen LogP contribution in [0.2, 0.25) is 0 Å². The molecule has 3 heterocycles. The number of rotatable bonds is 14. The van der Waals surface area contributed by atoms with Crippen LogP contribution in [0.1, 0.15) is 72.6 Å². The Kier molecular flexibility index (Phi) is 10.9. The summed E-state index contributed by atoms with van der Waals surface area (Å²) in [6.07, 6.45) is 10.2. The maximum absolute atomic E-state index is 15.1. The van der Waals surface area contributed by atoms with Gasteiger partial charge in [-0.25, -0.2) is 0 Å². The van der Waals surface area contributed by atoms with Crippen molar-refractivity contribution in [3.05, 3.63) is 49.6 Å². The van der Waals surface area contributed by atoms with Gasteiger partial charge in [-0.05, 0) is 62.3 Å². The van der Waals surface area contributed by atoms with Crippen molar-refractivity contribution in [2.45, 2.75) is 101 Å². The first-order valence-corrected chi connectivity index (χ1v) is 18.2. The Morgan fingerprint density at radius 1 is 1.11 bits per heavy atom. The van der Waals surface area contributed by atoms with Gasteiger partial charge >= 0.3 is 0 Å². The van der Waals surface area contributed by atoms with Crippen LogP contribution in [0.25, 0.3) is 0 Å². The van der Waals surface area contributed by atoms with E-state index < -0.39 is 28.7 Å². The van der Waals surface area contributed by atoms with Gasteiger partial charge in [0.1, 0.15) is 11.8 Å². The quantitative estimate of drug-likeness (QED) is 0.260.